The number of carboxylic acid groups (broad SMARTS) is 1. The summed E-state index contributed by atoms with van der Waals surface area (Å²) in [5.41, 5.74) is 0.670. The number of sulfonamides is 1. The summed E-state index contributed by atoms with van der Waals surface area (Å²) >= 11 is 0. The minimum atomic E-state index is -3.79. The number of amides is 2. The van der Waals surface area contributed by atoms with Crippen molar-refractivity contribution < 1.29 is 32.6 Å². The van der Waals surface area contributed by atoms with E-state index in [0.29, 0.717) is 11.1 Å². The molecule has 2 N–H and O–H groups in total. The maximum Gasteiger partial charge on any atom is 0.321 e. The first-order valence-corrected chi connectivity index (χ1v) is 9.14. The Kier molecular flexibility index (Phi) is 5.88. The second kappa shape index (κ2) is 7.72. The minimum absolute atomic E-state index is 0.00531. The molecule has 2 amide bonds. The van der Waals surface area contributed by atoms with Crippen LogP contribution in [0.4, 0.5) is 0 Å². The average Bonchev–Trinajstić information content (AvgIpc) is 2.79. The molecule has 1 aliphatic heterocycles. The Morgan fingerprint density at radius 3 is 2.28 bits per heavy atom. The van der Waals surface area contributed by atoms with Crippen molar-refractivity contribution in [3.63, 3.8) is 0 Å². The number of nitrogens with zero attached hydrogens (tertiary/aromatic N) is 1. The van der Waals surface area contributed by atoms with Gasteiger partial charge in [0.15, 0.2) is 0 Å². The molecular weight excluding hydrogens is 352 g/mol. The predicted octanol–water partition coefficient (Wildman–Crippen LogP) is -0.308. The third-order valence-electron chi connectivity index (χ3n) is 3.56. The Hall–Kier alpha value is -2.30. The summed E-state index contributed by atoms with van der Waals surface area (Å²) < 4.78 is 30.4. The van der Waals surface area contributed by atoms with Crippen LogP contribution in [0.3, 0.4) is 0 Å². The van der Waals surface area contributed by atoms with Gasteiger partial charge in [-0.1, -0.05) is 12.1 Å². The minimum Gasteiger partial charge on any atom is -0.480 e. The molecule has 1 aliphatic rings. The molecule has 9 nitrogen and oxygen atoms in total. The van der Waals surface area contributed by atoms with Crippen LogP contribution in [0.25, 0.3) is 0 Å². The van der Waals surface area contributed by atoms with E-state index in [4.69, 9.17) is 9.84 Å². The lowest BCUT2D eigenvalue weighted by Gasteiger charge is -2.14. The lowest BCUT2D eigenvalue weighted by atomic mass is 10.1. The van der Waals surface area contributed by atoms with E-state index in [1.54, 1.807) is 24.3 Å². The van der Waals surface area contributed by atoms with Gasteiger partial charge in [-0.2, -0.15) is 0 Å². The number of imide groups is 1. The number of rotatable bonds is 9. The summed E-state index contributed by atoms with van der Waals surface area (Å²) in [5.74, 6) is -2.52. The fourth-order valence-electron chi connectivity index (χ4n) is 2.25. The summed E-state index contributed by atoms with van der Waals surface area (Å²) in [6.07, 6.45) is 0. The Bertz CT molecular complexity index is 756. The van der Waals surface area contributed by atoms with Gasteiger partial charge in [0.25, 0.3) is 11.8 Å². The highest BCUT2D eigenvalue weighted by Gasteiger charge is 2.34. The molecule has 0 radical (unpaired) electrons. The van der Waals surface area contributed by atoms with Gasteiger partial charge in [-0.15, -0.1) is 0 Å². The molecule has 0 aliphatic carbocycles. The van der Waals surface area contributed by atoms with Crippen molar-refractivity contribution in [2.24, 2.45) is 0 Å². The van der Waals surface area contributed by atoms with Crippen LogP contribution in [-0.4, -0.2) is 67.8 Å². The van der Waals surface area contributed by atoms with Gasteiger partial charge in [0, 0.05) is 0 Å². The van der Waals surface area contributed by atoms with Gasteiger partial charge >= 0.3 is 5.97 Å². The van der Waals surface area contributed by atoms with Crippen molar-refractivity contribution in [3.05, 3.63) is 35.4 Å². The third-order valence-corrected chi connectivity index (χ3v) is 4.98. The fraction of sp³-hybridized carbons (Fsp3) is 0.400. The Morgan fingerprint density at radius 1 is 1.20 bits per heavy atom. The molecule has 0 aromatic heterocycles. The topological polar surface area (TPSA) is 130 Å². The summed E-state index contributed by atoms with van der Waals surface area (Å²) in [7, 11) is -3.79. The molecule has 0 saturated carbocycles. The highest BCUT2D eigenvalue weighted by Crippen LogP contribution is 2.21. The van der Waals surface area contributed by atoms with Gasteiger partial charge in [-0.05, 0) is 19.1 Å². The highest BCUT2D eigenvalue weighted by atomic mass is 32.2. The van der Waals surface area contributed by atoms with E-state index >= 15 is 0 Å². The molecule has 0 saturated heterocycles. The fourth-order valence-corrected chi connectivity index (χ4v) is 3.34. The lowest BCUT2D eigenvalue weighted by molar-refractivity contribution is -0.138. The number of hydrogen-bond donors (Lipinski definition) is 2. The van der Waals surface area contributed by atoms with Crippen LogP contribution in [0.15, 0.2) is 24.3 Å². The van der Waals surface area contributed by atoms with Gasteiger partial charge in [0.2, 0.25) is 10.0 Å². The number of carbonyl (C=O) groups is 3. The predicted molar refractivity (Wildman–Crippen MR) is 86.6 cm³/mol. The zero-order valence-corrected chi connectivity index (χ0v) is 14.3. The zero-order valence-electron chi connectivity index (χ0n) is 13.5. The standard InChI is InChI=1S/C15H18N2O7S/c1-10(15(20)21)16-25(22,23)9-8-24-7-6-17-13(18)11-4-2-3-5-12(11)14(17)19/h2-5,10,16H,6-9H2,1H3,(H,20,21). The van der Waals surface area contributed by atoms with Crippen molar-refractivity contribution in [1.82, 2.24) is 9.62 Å². The normalized spacial score (nSPS) is 15.3. The molecule has 2 rings (SSSR count). The summed E-state index contributed by atoms with van der Waals surface area (Å²) in [4.78, 5) is 35.9. The first-order chi connectivity index (χ1) is 11.7. The van der Waals surface area contributed by atoms with Gasteiger partial charge in [-0.25, -0.2) is 13.1 Å². The van der Waals surface area contributed by atoms with E-state index in [-0.39, 0.29) is 19.8 Å². The van der Waals surface area contributed by atoms with Crippen LogP contribution in [0.5, 0.6) is 0 Å². The van der Waals surface area contributed by atoms with Gasteiger partial charge in [0.05, 0.1) is 36.6 Å². The number of carboxylic acids is 1. The second-order valence-corrected chi connectivity index (χ2v) is 7.29. The summed E-state index contributed by atoms with van der Waals surface area (Å²) in [6, 6.07) is 5.24. The van der Waals surface area contributed by atoms with Crippen LogP contribution >= 0.6 is 0 Å². The van der Waals surface area contributed by atoms with Gasteiger partial charge < -0.3 is 9.84 Å². The van der Waals surface area contributed by atoms with Crippen LogP contribution in [0.1, 0.15) is 27.6 Å². The van der Waals surface area contributed by atoms with Crippen LogP contribution < -0.4 is 4.72 Å². The smallest absolute Gasteiger partial charge is 0.321 e. The van der Waals surface area contributed by atoms with E-state index in [9.17, 15) is 22.8 Å². The number of nitrogens with one attached hydrogen (secondary N) is 1. The molecule has 1 unspecified atom stereocenters. The number of ether oxygens (including phenoxy) is 1. The molecule has 136 valence electrons. The molecule has 10 heteroatoms. The van der Waals surface area contributed by atoms with Crippen LogP contribution in [0.2, 0.25) is 0 Å². The number of carbonyl (C=O) groups excluding carboxylic acids is 2. The SMILES string of the molecule is CC(NS(=O)(=O)CCOCCN1C(=O)c2ccccc2C1=O)C(=O)O. The quantitative estimate of drug-likeness (QED) is 0.450. The molecule has 25 heavy (non-hydrogen) atoms. The Balaban J connectivity index is 1.76. The molecule has 1 atom stereocenters. The van der Waals surface area contributed by atoms with E-state index < -0.39 is 39.6 Å². The van der Waals surface area contributed by atoms with Gasteiger partial charge in [-0.3, -0.25) is 19.3 Å². The first kappa shape index (κ1) is 19.0. The molecule has 1 heterocycles. The van der Waals surface area contributed by atoms with Crippen molar-refractivity contribution in [1.29, 1.82) is 0 Å². The van der Waals surface area contributed by atoms with E-state index in [2.05, 4.69) is 0 Å². The second-order valence-electron chi connectivity index (χ2n) is 5.42. The zero-order chi connectivity index (χ0) is 18.6. The van der Waals surface area contributed by atoms with Crippen LogP contribution in [-0.2, 0) is 19.6 Å². The first-order valence-electron chi connectivity index (χ1n) is 7.48. The molecule has 1 aromatic carbocycles. The number of hydrogen-bond acceptors (Lipinski definition) is 6. The molecular formula is C15H18N2O7S. The lowest BCUT2D eigenvalue weighted by Crippen LogP contribution is -2.40. The van der Waals surface area contributed by atoms with E-state index in [1.165, 1.54) is 6.92 Å². The van der Waals surface area contributed by atoms with Crippen molar-refractivity contribution in [3.8, 4) is 0 Å². The molecule has 0 fully saturated rings. The van der Waals surface area contributed by atoms with Crippen molar-refractivity contribution >= 4 is 27.8 Å². The molecule has 0 bridgehead atoms. The van der Waals surface area contributed by atoms with E-state index in [0.717, 1.165) is 4.90 Å². The summed E-state index contributed by atoms with van der Waals surface area (Å²) in [6.45, 7) is 1.01. The number of aliphatic carboxylic acids is 1. The van der Waals surface area contributed by atoms with Crippen molar-refractivity contribution in [2.75, 3.05) is 25.5 Å². The van der Waals surface area contributed by atoms with E-state index in [1.807, 2.05) is 4.72 Å². The maximum absolute atomic E-state index is 12.1. The summed E-state index contributed by atoms with van der Waals surface area (Å²) in [5, 5.41) is 8.67. The number of fused-ring (bicyclic) bond motifs is 1. The maximum atomic E-state index is 12.1. The molecule has 0 spiro atoms. The Labute approximate surface area is 144 Å². The highest BCUT2D eigenvalue weighted by molar-refractivity contribution is 7.89. The van der Waals surface area contributed by atoms with Crippen LogP contribution in [0, 0.1) is 0 Å². The molecule has 1 aromatic rings. The largest absolute Gasteiger partial charge is 0.480 e. The Morgan fingerprint density at radius 2 is 1.76 bits per heavy atom. The monoisotopic (exact) mass is 370 g/mol. The van der Waals surface area contributed by atoms with Gasteiger partial charge in [0.1, 0.15) is 6.04 Å². The average molecular weight is 370 g/mol. The third kappa shape index (κ3) is 4.62. The van der Waals surface area contributed by atoms with Crippen molar-refractivity contribution in [2.45, 2.75) is 13.0 Å². The number of benzene rings is 1.